The first-order chi connectivity index (χ1) is 21.3. The summed E-state index contributed by atoms with van der Waals surface area (Å²) in [5.41, 5.74) is 2.14. The van der Waals surface area contributed by atoms with Crippen LogP contribution in [-0.4, -0.2) is 57.1 Å². The number of benzene rings is 3. The Bertz CT molecular complexity index is 1720. The standard InChI is InChI=1S/C34H39BrN4O6/c1-7-38(19-23-11-9-8-10-12-23)30(40)27(17-22-13-15-25(44-6)16-14-22)36-32-37-29-26(35)18-24(21(2)28(29)31(41)45-32)20-39(33(42)43)34(3,4)5/h8-16,18,27H,7,17,19-20H2,1-6H3,(H,36,37)(H,42,43). The van der Waals surface area contributed by atoms with Crippen molar-refractivity contribution in [3.05, 3.63) is 97.8 Å². The van der Waals surface area contributed by atoms with Gasteiger partial charge in [-0.2, -0.15) is 4.98 Å². The van der Waals surface area contributed by atoms with Gasteiger partial charge in [0.1, 0.15) is 11.8 Å². The van der Waals surface area contributed by atoms with Crippen LogP contribution in [0.3, 0.4) is 0 Å². The van der Waals surface area contributed by atoms with Crippen LogP contribution in [0.1, 0.15) is 49.9 Å². The summed E-state index contributed by atoms with van der Waals surface area (Å²) in [7, 11) is 1.59. The number of hydrogen-bond acceptors (Lipinski definition) is 7. The van der Waals surface area contributed by atoms with E-state index in [4.69, 9.17) is 9.15 Å². The van der Waals surface area contributed by atoms with E-state index in [-0.39, 0.29) is 23.9 Å². The van der Waals surface area contributed by atoms with Crippen molar-refractivity contribution >= 4 is 44.8 Å². The molecule has 0 spiro atoms. The third-order valence-corrected chi connectivity index (χ3v) is 8.31. The Hall–Kier alpha value is -4.38. The molecule has 45 heavy (non-hydrogen) atoms. The van der Waals surface area contributed by atoms with Crippen LogP contribution in [0.25, 0.3) is 10.9 Å². The first kappa shape index (κ1) is 33.5. The van der Waals surface area contributed by atoms with E-state index in [1.165, 1.54) is 4.90 Å². The van der Waals surface area contributed by atoms with E-state index < -0.39 is 23.3 Å². The van der Waals surface area contributed by atoms with Crippen LogP contribution in [0.2, 0.25) is 0 Å². The Kier molecular flexibility index (Phi) is 10.5. The van der Waals surface area contributed by atoms with E-state index in [1.807, 2.05) is 82.3 Å². The molecule has 1 unspecified atom stereocenters. The number of fused-ring (bicyclic) bond motifs is 1. The topological polar surface area (TPSA) is 125 Å². The minimum Gasteiger partial charge on any atom is -0.497 e. The second kappa shape index (κ2) is 14.2. The fraction of sp³-hybridized carbons (Fsp3) is 0.353. The number of nitrogens with zero attached hydrogens (tertiary/aromatic N) is 3. The summed E-state index contributed by atoms with van der Waals surface area (Å²) >= 11 is 3.54. The average Bonchev–Trinajstić information content (AvgIpc) is 3.00. The summed E-state index contributed by atoms with van der Waals surface area (Å²) in [5.74, 6) is 0.521. The molecule has 238 valence electrons. The number of aryl methyl sites for hydroxylation is 1. The minimum absolute atomic E-state index is 0.0748. The quantitative estimate of drug-likeness (QED) is 0.181. The number of halogens is 1. The molecule has 1 heterocycles. The van der Waals surface area contributed by atoms with Crippen LogP contribution in [-0.2, 0) is 24.3 Å². The van der Waals surface area contributed by atoms with Crippen LogP contribution in [0.4, 0.5) is 10.8 Å². The lowest BCUT2D eigenvalue weighted by Crippen LogP contribution is -2.44. The molecule has 11 heteroatoms. The summed E-state index contributed by atoms with van der Waals surface area (Å²) in [4.78, 5) is 47.1. The summed E-state index contributed by atoms with van der Waals surface area (Å²) < 4.78 is 11.5. The zero-order valence-corrected chi connectivity index (χ0v) is 28.0. The summed E-state index contributed by atoms with van der Waals surface area (Å²) in [6.45, 7) is 10.1. The maximum Gasteiger partial charge on any atom is 0.408 e. The third-order valence-electron chi connectivity index (χ3n) is 7.70. The number of anilines is 1. The molecule has 0 aliphatic rings. The van der Waals surface area contributed by atoms with Gasteiger partial charge in [0.25, 0.3) is 6.01 Å². The number of nitrogens with one attached hydrogen (secondary N) is 1. The fourth-order valence-corrected chi connectivity index (χ4v) is 5.68. The molecular formula is C34H39BrN4O6. The van der Waals surface area contributed by atoms with Crippen LogP contribution in [0.5, 0.6) is 5.75 Å². The number of carboxylic acid groups (broad SMARTS) is 1. The Morgan fingerprint density at radius 1 is 1.07 bits per heavy atom. The van der Waals surface area contributed by atoms with Gasteiger partial charge >= 0.3 is 11.7 Å². The molecule has 0 radical (unpaired) electrons. The Balaban J connectivity index is 1.71. The molecule has 4 rings (SSSR count). The summed E-state index contributed by atoms with van der Waals surface area (Å²) in [5, 5.41) is 13.2. The van der Waals surface area contributed by atoms with Crippen LogP contribution in [0, 0.1) is 6.92 Å². The molecule has 0 fully saturated rings. The van der Waals surface area contributed by atoms with Crippen molar-refractivity contribution < 1.29 is 23.8 Å². The Morgan fingerprint density at radius 2 is 1.73 bits per heavy atom. The molecule has 3 aromatic carbocycles. The highest BCUT2D eigenvalue weighted by molar-refractivity contribution is 9.10. The molecule has 2 N–H and O–H groups in total. The molecule has 10 nitrogen and oxygen atoms in total. The number of carbonyl (C=O) groups is 2. The van der Waals surface area contributed by atoms with E-state index >= 15 is 0 Å². The molecule has 2 amide bonds. The lowest BCUT2D eigenvalue weighted by Gasteiger charge is -2.33. The van der Waals surface area contributed by atoms with Crippen LogP contribution >= 0.6 is 15.9 Å². The number of hydrogen-bond donors (Lipinski definition) is 2. The van der Waals surface area contributed by atoms with Crippen LogP contribution < -0.4 is 15.7 Å². The number of rotatable bonds is 11. The fourth-order valence-electron chi connectivity index (χ4n) is 5.11. The van der Waals surface area contributed by atoms with Crippen molar-refractivity contribution in [3.63, 3.8) is 0 Å². The van der Waals surface area contributed by atoms with Crippen molar-refractivity contribution in [2.24, 2.45) is 0 Å². The van der Waals surface area contributed by atoms with Gasteiger partial charge in [-0.25, -0.2) is 9.59 Å². The third kappa shape index (κ3) is 8.02. The van der Waals surface area contributed by atoms with Gasteiger partial charge in [-0.1, -0.05) is 42.5 Å². The van der Waals surface area contributed by atoms with Gasteiger partial charge in [0.05, 0.1) is 18.0 Å². The molecule has 0 aliphatic heterocycles. The maximum atomic E-state index is 14.0. The van der Waals surface area contributed by atoms with E-state index in [0.29, 0.717) is 46.4 Å². The van der Waals surface area contributed by atoms with Gasteiger partial charge in [0.2, 0.25) is 5.91 Å². The lowest BCUT2D eigenvalue weighted by atomic mass is 10.0. The molecule has 4 aromatic rings. The average molecular weight is 680 g/mol. The predicted octanol–water partition coefficient (Wildman–Crippen LogP) is 6.62. The molecule has 0 saturated carbocycles. The van der Waals surface area contributed by atoms with Crippen molar-refractivity contribution in [1.29, 1.82) is 0 Å². The maximum absolute atomic E-state index is 14.0. The predicted molar refractivity (Wildman–Crippen MR) is 178 cm³/mol. The Morgan fingerprint density at radius 3 is 2.31 bits per heavy atom. The van der Waals surface area contributed by atoms with Crippen LogP contribution in [0.15, 0.2) is 74.3 Å². The van der Waals surface area contributed by atoms with Gasteiger partial charge in [-0.15, -0.1) is 0 Å². The van der Waals surface area contributed by atoms with Gasteiger partial charge in [-0.3, -0.25) is 9.69 Å². The second-order valence-electron chi connectivity index (χ2n) is 11.8. The number of aromatic nitrogens is 1. The minimum atomic E-state index is -1.07. The number of likely N-dealkylation sites (N-methyl/N-ethyl adjacent to an activating group) is 1. The summed E-state index contributed by atoms with van der Waals surface area (Å²) in [6.07, 6.45) is -0.766. The molecule has 0 aliphatic carbocycles. The first-order valence-corrected chi connectivity index (χ1v) is 15.5. The molecule has 0 saturated heterocycles. The zero-order valence-electron chi connectivity index (χ0n) is 26.4. The van der Waals surface area contributed by atoms with Gasteiger partial charge in [0.15, 0.2) is 0 Å². The van der Waals surface area contributed by atoms with Gasteiger partial charge < -0.3 is 24.5 Å². The summed E-state index contributed by atoms with van der Waals surface area (Å²) in [6, 6.07) is 18.0. The molecule has 1 aromatic heterocycles. The lowest BCUT2D eigenvalue weighted by molar-refractivity contribution is -0.132. The van der Waals surface area contributed by atoms with E-state index in [1.54, 1.807) is 25.0 Å². The smallest absolute Gasteiger partial charge is 0.408 e. The Labute approximate surface area is 271 Å². The van der Waals surface area contributed by atoms with Crippen molar-refractivity contribution in [3.8, 4) is 5.75 Å². The number of ether oxygens (including phenoxy) is 1. The number of carbonyl (C=O) groups excluding carboxylic acids is 1. The highest BCUT2D eigenvalue weighted by atomic mass is 79.9. The zero-order chi connectivity index (χ0) is 32.9. The van der Waals surface area contributed by atoms with Gasteiger partial charge in [0, 0.05) is 36.1 Å². The van der Waals surface area contributed by atoms with Crippen molar-refractivity contribution in [1.82, 2.24) is 14.8 Å². The first-order valence-electron chi connectivity index (χ1n) is 14.7. The monoisotopic (exact) mass is 678 g/mol. The van der Waals surface area contributed by atoms with E-state index in [2.05, 4.69) is 26.2 Å². The van der Waals surface area contributed by atoms with Crippen molar-refractivity contribution in [2.75, 3.05) is 19.0 Å². The highest BCUT2D eigenvalue weighted by Crippen LogP contribution is 2.30. The van der Waals surface area contributed by atoms with E-state index in [0.717, 1.165) is 11.1 Å². The largest absolute Gasteiger partial charge is 0.497 e. The van der Waals surface area contributed by atoms with E-state index in [9.17, 15) is 19.5 Å². The molecule has 1 atom stereocenters. The second-order valence-corrected chi connectivity index (χ2v) is 12.7. The highest BCUT2D eigenvalue weighted by Gasteiger charge is 2.29. The van der Waals surface area contributed by atoms with Gasteiger partial charge in [-0.05, 0) is 91.0 Å². The number of amides is 2. The SMILES string of the molecule is CCN(Cc1ccccc1)C(=O)C(Cc1ccc(OC)cc1)Nc1nc2c(Br)cc(CN(C(=O)O)C(C)(C)C)c(C)c2c(=O)o1. The normalized spacial score (nSPS) is 12.1. The molecule has 0 bridgehead atoms. The van der Waals surface area contributed by atoms with Crippen molar-refractivity contribution in [2.45, 2.75) is 65.7 Å². The number of methoxy groups -OCH3 is 1. The molecular weight excluding hydrogens is 640 g/mol.